The number of dihydropyridines is 1. The van der Waals surface area contributed by atoms with E-state index in [4.69, 9.17) is 0 Å². The van der Waals surface area contributed by atoms with Crippen LogP contribution >= 0.6 is 0 Å². The summed E-state index contributed by atoms with van der Waals surface area (Å²) in [7, 11) is 3.88. The van der Waals surface area contributed by atoms with Crippen LogP contribution in [-0.2, 0) is 9.59 Å². The lowest BCUT2D eigenvalue weighted by atomic mass is 9.71. The molecule has 0 radical (unpaired) electrons. The second-order valence-corrected chi connectivity index (χ2v) is 9.99. The zero-order valence-corrected chi connectivity index (χ0v) is 21.5. The summed E-state index contributed by atoms with van der Waals surface area (Å²) in [6, 6.07) is 20.7. The van der Waals surface area contributed by atoms with Gasteiger partial charge in [-0.3, -0.25) is 9.59 Å². The molecular weight excluding hydrogens is 484 g/mol. The monoisotopic (exact) mass is 513 g/mol. The van der Waals surface area contributed by atoms with Crippen molar-refractivity contribution < 1.29 is 18.4 Å². The summed E-state index contributed by atoms with van der Waals surface area (Å²) in [4.78, 5) is 29.3. The molecule has 1 heterocycles. The fraction of sp³-hybridized carbons (Fsp3) is 0.226. The van der Waals surface area contributed by atoms with Crippen molar-refractivity contribution in [1.29, 1.82) is 0 Å². The minimum atomic E-state index is -0.869. The number of nitrogens with zero attached hydrogens (tertiary/aromatic N) is 1. The second-order valence-electron chi connectivity index (χ2n) is 9.99. The van der Waals surface area contributed by atoms with Crippen molar-refractivity contribution >= 4 is 23.1 Å². The van der Waals surface area contributed by atoms with Crippen LogP contribution in [0.15, 0.2) is 95.3 Å². The van der Waals surface area contributed by atoms with E-state index >= 15 is 0 Å². The van der Waals surface area contributed by atoms with Crippen LogP contribution in [-0.4, -0.2) is 25.8 Å². The Labute approximate surface area is 220 Å². The molecule has 0 fully saturated rings. The van der Waals surface area contributed by atoms with Crippen LogP contribution in [0, 0.1) is 11.6 Å². The quantitative estimate of drug-likeness (QED) is 0.437. The fourth-order valence-electron chi connectivity index (χ4n) is 5.38. The van der Waals surface area contributed by atoms with Gasteiger partial charge in [-0.1, -0.05) is 42.5 Å². The van der Waals surface area contributed by atoms with Crippen LogP contribution < -0.4 is 15.5 Å². The summed E-state index contributed by atoms with van der Waals surface area (Å²) < 4.78 is 27.8. The molecule has 5 rings (SSSR count). The number of carbonyl (C=O) groups is 2. The van der Waals surface area contributed by atoms with E-state index in [0.29, 0.717) is 29.7 Å². The minimum Gasteiger partial charge on any atom is -0.378 e. The zero-order valence-electron chi connectivity index (χ0n) is 21.5. The molecule has 0 unspecified atom stereocenters. The lowest BCUT2D eigenvalue weighted by Crippen LogP contribution is -2.37. The summed E-state index contributed by atoms with van der Waals surface area (Å²) in [5.74, 6) is -2.78. The van der Waals surface area contributed by atoms with Crippen LogP contribution in [0.25, 0.3) is 0 Å². The second kappa shape index (κ2) is 10.2. The van der Waals surface area contributed by atoms with Gasteiger partial charge in [-0.2, -0.15) is 0 Å². The minimum absolute atomic E-state index is 0.0277. The molecule has 38 heavy (non-hydrogen) atoms. The third-order valence-corrected chi connectivity index (χ3v) is 7.27. The van der Waals surface area contributed by atoms with E-state index in [1.54, 1.807) is 6.92 Å². The van der Waals surface area contributed by atoms with Gasteiger partial charge in [-0.05, 0) is 54.7 Å². The van der Waals surface area contributed by atoms with Crippen LogP contribution in [0.4, 0.5) is 20.2 Å². The first-order chi connectivity index (χ1) is 18.2. The lowest BCUT2D eigenvalue weighted by Gasteiger charge is -2.37. The van der Waals surface area contributed by atoms with Crippen LogP contribution in [0.3, 0.4) is 0 Å². The average molecular weight is 514 g/mol. The van der Waals surface area contributed by atoms with Crippen molar-refractivity contribution in [1.82, 2.24) is 5.32 Å². The largest absolute Gasteiger partial charge is 0.378 e. The van der Waals surface area contributed by atoms with Crippen molar-refractivity contribution in [3.8, 4) is 0 Å². The van der Waals surface area contributed by atoms with Crippen LogP contribution in [0.1, 0.15) is 42.7 Å². The third-order valence-electron chi connectivity index (χ3n) is 7.27. The number of amides is 1. The number of hydrogen-bond donors (Lipinski definition) is 2. The Balaban J connectivity index is 1.57. The first-order valence-electron chi connectivity index (χ1n) is 12.6. The normalized spacial score (nSPS) is 19.1. The highest BCUT2D eigenvalue weighted by atomic mass is 19.1. The van der Waals surface area contributed by atoms with Gasteiger partial charge in [0.25, 0.3) is 5.91 Å². The Kier molecular flexibility index (Phi) is 6.85. The molecule has 3 aromatic carbocycles. The highest BCUT2D eigenvalue weighted by Crippen LogP contribution is 2.46. The van der Waals surface area contributed by atoms with Crippen LogP contribution in [0.5, 0.6) is 0 Å². The maximum Gasteiger partial charge on any atom is 0.254 e. The number of hydrogen-bond acceptors (Lipinski definition) is 4. The molecule has 7 heteroatoms. The van der Waals surface area contributed by atoms with Crippen molar-refractivity contribution in [3.05, 3.63) is 118 Å². The Bertz CT molecular complexity index is 1460. The van der Waals surface area contributed by atoms with Gasteiger partial charge >= 0.3 is 0 Å². The molecule has 0 saturated heterocycles. The molecule has 0 bridgehead atoms. The number of benzene rings is 3. The van der Waals surface area contributed by atoms with E-state index < -0.39 is 23.5 Å². The molecular formula is C31H29F2N3O2. The van der Waals surface area contributed by atoms with E-state index in [-0.39, 0.29) is 17.4 Å². The number of anilines is 2. The molecule has 2 atom stereocenters. The van der Waals surface area contributed by atoms with E-state index in [0.717, 1.165) is 34.6 Å². The molecule has 0 aromatic heterocycles. The molecule has 194 valence electrons. The summed E-state index contributed by atoms with van der Waals surface area (Å²) in [5, 5.41) is 5.93. The highest BCUT2D eigenvalue weighted by Gasteiger charge is 2.41. The number of nitrogens with one attached hydrogen (secondary N) is 2. The number of allylic oxidation sites excluding steroid dienone is 3. The van der Waals surface area contributed by atoms with Gasteiger partial charge < -0.3 is 15.5 Å². The Morgan fingerprint density at radius 3 is 2.32 bits per heavy atom. The van der Waals surface area contributed by atoms with E-state index in [1.807, 2.05) is 73.6 Å². The topological polar surface area (TPSA) is 61.4 Å². The molecule has 0 saturated carbocycles. The van der Waals surface area contributed by atoms with Gasteiger partial charge in [-0.25, -0.2) is 8.78 Å². The Morgan fingerprint density at radius 2 is 1.66 bits per heavy atom. The molecule has 1 aliphatic heterocycles. The maximum atomic E-state index is 14.4. The van der Waals surface area contributed by atoms with E-state index in [9.17, 15) is 18.4 Å². The van der Waals surface area contributed by atoms with Crippen molar-refractivity contribution in [3.63, 3.8) is 0 Å². The summed E-state index contributed by atoms with van der Waals surface area (Å²) >= 11 is 0. The van der Waals surface area contributed by atoms with Gasteiger partial charge in [0, 0.05) is 60.7 Å². The van der Waals surface area contributed by atoms with Gasteiger partial charge in [0.2, 0.25) is 0 Å². The van der Waals surface area contributed by atoms with Crippen molar-refractivity contribution in [2.24, 2.45) is 0 Å². The standard InChI is InChI=1S/C31H29F2N3O2/c1-18-28(31(38)35-25-14-11-22(32)17-24(25)33)29(20-9-12-23(13-10-20)36(2)3)30-26(34-18)15-21(16-27(30)37)19-7-5-4-6-8-19/h4-14,17,21,29,34H,15-16H2,1-3H3,(H,35,38)/t21-,29-/m0/s1. The van der Waals surface area contributed by atoms with Crippen molar-refractivity contribution in [2.45, 2.75) is 31.6 Å². The first kappa shape index (κ1) is 25.4. The molecule has 1 amide bonds. The average Bonchev–Trinajstić information content (AvgIpc) is 2.90. The Morgan fingerprint density at radius 1 is 0.947 bits per heavy atom. The lowest BCUT2D eigenvalue weighted by molar-refractivity contribution is -0.116. The molecule has 5 nitrogen and oxygen atoms in total. The zero-order chi connectivity index (χ0) is 27.0. The highest BCUT2D eigenvalue weighted by molar-refractivity contribution is 6.10. The summed E-state index contributed by atoms with van der Waals surface area (Å²) in [6.07, 6.45) is 0.966. The number of carbonyl (C=O) groups excluding carboxylic acids is 2. The fourth-order valence-corrected chi connectivity index (χ4v) is 5.38. The molecule has 3 aromatic rings. The SMILES string of the molecule is CC1=C(C(=O)Nc2ccc(F)cc2F)[C@H](c2ccc(N(C)C)cc2)C2=C(C[C@H](c3ccccc3)CC2=O)N1. The number of rotatable bonds is 5. The Hall–Kier alpha value is -4.26. The number of Topliss-reactive ketones (excluding diaryl/α,β-unsaturated/α-hetero) is 1. The third kappa shape index (κ3) is 4.84. The van der Waals surface area contributed by atoms with Gasteiger partial charge in [0.05, 0.1) is 5.69 Å². The van der Waals surface area contributed by atoms with Gasteiger partial charge in [0.15, 0.2) is 5.78 Å². The van der Waals surface area contributed by atoms with Gasteiger partial charge in [0.1, 0.15) is 11.6 Å². The summed E-state index contributed by atoms with van der Waals surface area (Å²) in [6.45, 7) is 1.79. The number of ketones is 1. The molecule has 0 spiro atoms. The maximum absolute atomic E-state index is 14.4. The van der Waals surface area contributed by atoms with Crippen LogP contribution in [0.2, 0.25) is 0 Å². The predicted octanol–water partition coefficient (Wildman–Crippen LogP) is 6.03. The summed E-state index contributed by atoms with van der Waals surface area (Å²) in [5.41, 5.74) is 5.03. The molecule has 1 aliphatic carbocycles. The number of halogens is 2. The predicted molar refractivity (Wildman–Crippen MR) is 145 cm³/mol. The van der Waals surface area contributed by atoms with E-state index in [1.165, 1.54) is 6.07 Å². The van der Waals surface area contributed by atoms with Gasteiger partial charge in [-0.15, -0.1) is 0 Å². The smallest absolute Gasteiger partial charge is 0.254 e. The molecule has 2 N–H and O–H groups in total. The van der Waals surface area contributed by atoms with Crippen molar-refractivity contribution in [2.75, 3.05) is 24.3 Å². The molecule has 2 aliphatic rings. The first-order valence-corrected chi connectivity index (χ1v) is 12.6. The van der Waals surface area contributed by atoms with E-state index in [2.05, 4.69) is 10.6 Å².